The molecule has 1 aromatic carbocycles. The predicted molar refractivity (Wildman–Crippen MR) is 98.5 cm³/mol. The Hall–Kier alpha value is -2.80. The summed E-state index contributed by atoms with van der Waals surface area (Å²) in [6.07, 6.45) is 2.43. The normalized spacial score (nSPS) is 10.6. The number of aromatic amines is 1. The molecule has 0 unspecified atom stereocenters. The minimum Gasteiger partial charge on any atom is -0.354 e. The summed E-state index contributed by atoms with van der Waals surface area (Å²) >= 11 is 5.27. The van der Waals surface area contributed by atoms with E-state index in [9.17, 15) is 4.79 Å². The van der Waals surface area contributed by atoms with Gasteiger partial charge in [-0.3, -0.25) is 19.4 Å². The first-order chi connectivity index (χ1) is 12.1. The van der Waals surface area contributed by atoms with Gasteiger partial charge in [-0.15, -0.1) is 0 Å². The number of aromatic nitrogens is 4. The standard InChI is InChI=1S/C18H19N5OS/c1-13-5-4-6-14(11-13)17-21-22-18(25)23(17)12-16(24)20-10-8-15-7-2-3-9-19-15/h2-7,9,11H,8,10,12H2,1H3,(H,20,24)(H,22,25). The second-order valence-corrected chi connectivity index (χ2v) is 6.12. The summed E-state index contributed by atoms with van der Waals surface area (Å²) in [5, 5.41) is 9.93. The number of H-pyrrole nitrogens is 1. The molecule has 0 radical (unpaired) electrons. The van der Waals surface area contributed by atoms with Gasteiger partial charge in [0.05, 0.1) is 0 Å². The van der Waals surface area contributed by atoms with Crippen LogP contribution < -0.4 is 5.32 Å². The highest BCUT2D eigenvalue weighted by Crippen LogP contribution is 2.18. The molecule has 2 heterocycles. The minimum atomic E-state index is -0.109. The van der Waals surface area contributed by atoms with Crippen molar-refractivity contribution in [3.63, 3.8) is 0 Å². The lowest BCUT2D eigenvalue weighted by molar-refractivity contribution is -0.121. The number of hydrogen-bond acceptors (Lipinski definition) is 4. The van der Waals surface area contributed by atoms with E-state index in [1.54, 1.807) is 10.8 Å². The summed E-state index contributed by atoms with van der Waals surface area (Å²) in [4.78, 5) is 16.5. The van der Waals surface area contributed by atoms with Crippen molar-refractivity contribution in [2.45, 2.75) is 19.9 Å². The summed E-state index contributed by atoms with van der Waals surface area (Å²) in [7, 11) is 0. The zero-order valence-electron chi connectivity index (χ0n) is 13.9. The number of amides is 1. The fourth-order valence-electron chi connectivity index (χ4n) is 2.54. The van der Waals surface area contributed by atoms with Gasteiger partial charge in [-0.2, -0.15) is 5.10 Å². The number of nitrogens with one attached hydrogen (secondary N) is 2. The number of pyridine rings is 1. The zero-order chi connectivity index (χ0) is 17.6. The van der Waals surface area contributed by atoms with Crippen molar-refractivity contribution in [3.05, 3.63) is 64.7 Å². The van der Waals surface area contributed by atoms with Crippen LogP contribution in [-0.4, -0.2) is 32.2 Å². The van der Waals surface area contributed by atoms with Crippen LogP contribution >= 0.6 is 12.2 Å². The number of nitrogens with zero attached hydrogens (tertiary/aromatic N) is 3. The molecule has 3 aromatic rings. The van der Waals surface area contributed by atoms with Gasteiger partial charge >= 0.3 is 0 Å². The van der Waals surface area contributed by atoms with Crippen LogP contribution in [0.4, 0.5) is 0 Å². The van der Waals surface area contributed by atoms with E-state index < -0.39 is 0 Å². The summed E-state index contributed by atoms with van der Waals surface area (Å²) in [5.74, 6) is 0.552. The molecule has 0 atom stereocenters. The van der Waals surface area contributed by atoms with E-state index in [0.29, 0.717) is 23.6 Å². The van der Waals surface area contributed by atoms with Gasteiger partial charge in [-0.25, -0.2) is 0 Å². The van der Waals surface area contributed by atoms with Gasteiger partial charge in [-0.05, 0) is 37.3 Å². The van der Waals surface area contributed by atoms with E-state index in [1.807, 2.05) is 49.4 Å². The van der Waals surface area contributed by atoms with Crippen molar-refractivity contribution < 1.29 is 4.79 Å². The smallest absolute Gasteiger partial charge is 0.240 e. The maximum absolute atomic E-state index is 12.3. The van der Waals surface area contributed by atoms with Crippen molar-refractivity contribution in [1.82, 2.24) is 25.1 Å². The summed E-state index contributed by atoms with van der Waals surface area (Å²) in [6, 6.07) is 13.7. The second-order valence-electron chi connectivity index (χ2n) is 5.73. The van der Waals surface area contributed by atoms with Crippen molar-refractivity contribution in [3.8, 4) is 11.4 Å². The van der Waals surface area contributed by atoms with Gasteiger partial charge in [0.25, 0.3) is 0 Å². The number of benzene rings is 1. The maximum Gasteiger partial charge on any atom is 0.240 e. The van der Waals surface area contributed by atoms with Crippen LogP contribution in [-0.2, 0) is 17.8 Å². The van der Waals surface area contributed by atoms with Gasteiger partial charge < -0.3 is 5.32 Å². The molecule has 7 heteroatoms. The molecular formula is C18H19N5OS. The average Bonchev–Trinajstić information content (AvgIpc) is 2.96. The van der Waals surface area contributed by atoms with Gasteiger partial charge in [-0.1, -0.05) is 29.8 Å². The molecule has 0 saturated carbocycles. The van der Waals surface area contributed by atoms with Crippen LogP contribution in [0, 0.1) is 11.7 Å². The first-order valence-corrected chi connectivity index (χ1v) is 8.43. The Bertz CT molecular complexity index is 916. The topological polar surface area (TPSA) is 75.6 Å². The third kappa shape index (κ3) is 4.39. The van der Waals surface area contributed by atoms with Gasteiger partial charge in [0.2, 0.25) is 5.91 Å². The Kier molecular flexibility index (Phi) is 5.35. The lowest BCUT2D eigenvalue weighted by atomic mass is 10.1. The maximum atomic E-state index is 12.3. The molecule has 0 fully saturated rings. The van der Waals surface area contributed by atoms with Crippen LogP contribution in [0.25, 0.3) is 11.4 Å². The fourth-order valence-corrected chi connectivity index (χ4v) is 2.74. The molecule has 3 rings (SSSR count). The largest absolute Gasteiger partial charge is 0.354 e. The molecule has 2 aromatic heterocycles. The van der Waals surface area contributed by atoms with Gasteiger partial charge in [0.15, 0.2) is 10.6 Å². The highest BCUT2D eigenvalue weighted by atomic mass is 32.1. The summed E-state index contributed by atoms with van der Waals surface area (Å²) in [6.45, 7) is 2.67. The summed E-state index contributed by atoms with van der Waals surface area (Å²) < 4.78 is 2.14. The Labute approximate surface area is 150 Å². The molecule has 0 aliphatic heterocycles. The quantitative estimate of drug-likeness (QED) is 0.668. The van der Waals surface area contributed by atoms with Crippen molar-refractivity contribution in [2.75, 3.05) is 6.54 Å². The lowest BCUT2D eigenvalue weighted by Gasteiger charge is -2.08. The van der Waals surface area contributed by atoms with Crippen LogP contribution in [0.15, 0.2) is 48.7 Å². The van der Waals surface area contributed by atoms with Gasteiger partial charge in [0, 0.05) is 30.4 Å². The van der Waals surface area contributed by atoms with Crippen LogP contribution in [0.3, 0.4) is 0 Å². The minimum absolute atomic E-state index is 0.109. The van der Waals surface area contributed by atoms with E-state index in [4.69, 9.17) is 12.2 Å². The molecule has 1 amide bonds. The number of hydrogen-bond donors (Lipinski definition) is 2. The Morgan fingerprint density at radius 3 is 2.92 bits per heavy atom. The number of carbonyl (C=O) groups is 1. The van der Waals surface area contributed by atoms with Crippen LogP contribution in [0.5, 0.6) is 0 Å². The van der Waals surface area contributed by atoms with E-state index in [0.717, 1.165) is 16.8 Å². The molecule has 0 saturated heterocycles. The van der Waals surface area contributed by atoms with Gasteiger partial charge in [0.1, 0.15) is 6.54 Å². The second kappa shape index (κ2) is 7.85. The molecular weight excluding hydrogens is 334 g/mol. The first-order valence-electron chi connectivity index (χ1n) is 8.02. The van der Waals surface area contributed by atoms with Crippen LogP contribution in [0.2, 0.25) is 0 Å². The van der Waals surface area contributed by atoms with Crippen molar-refractivity contribution >= 4 is 18.1 Å². The molecule has 0 aliphatic carbocycles. The van der Waals surface area contributed by atoms with Crippen LogP contribution in [0.1, 0.15) is 11.3 Å². The molecule has 25 heavy (non-hydrogen) atoms. The fraction of sp³-hybridized carbons (Fsp3) is 0.222. The average molecular weight is 353 g/mol. The van der Waals surface area contributed by atoms with Crippen molar-refractivity contribution in [2.24, 2.45) is 0 Å². The summed E-state index contributed by atoms with van der Waals surface area (Å²) in [5.41, 5.74) is 2.99. The highest BCUT2D eigenvalue weighted by Gasteiger charge is 2.12. The van der Waals surface area contributed by atoms with E-state index in [1.165, 1.54) is 0 Å². The Morgan fingerprint density at radius 1 is 1.28 bits per heavy atom. The molecule has 6 nitrogen and oxygen atoms in total. The molecule has 0 bridgehead atoms. The van der Waals surface area contributed by atoms with E-state index in [-0.39, 0.29) is 12.5 Å². The first kappa shape index (κ1) is 17.0. The highest BCUT2D eigenvalue weighted by molar-refractivity contribution is 7.71. The van der Waals surface area contributed by atoms with Crippen molar-refractivity contribution in [1.29, 1.82) is 0 Å². The molecule has 0 spiro atoms. The molecule has 2 N–H and O–H groups in total. The monoisotopic (exact) mass is 353 g/mol. The Balaban J connectivity index is 1.65. The lowest BCUT2D eigenvalue weighted by Crippen LogP contribution is -2.29. The number of rotatable bonds is 6. The predicted octanol–water partition coefficient (Wildman–Crippen LogP) is 2.67. The number of aryl methyl sites for hydroxylation is 1. The third-order valence-corrected chi connectivity index (χ3v) is 4.08. The third-order valence-electron chi connectivity index (χ3n) is 3.77. The number of carbonyl (C=O) groups excluding carboxylic acids is 1. The van der Waals surface area contributed by atoms with E-state index >= 15 is 0 Å². The zero-order valence-corrected chi connectivity index (χ0v) is 14.7. The molecule has 128 valence electrons. The van der Waals surface area contributed by atoms with E-state index in [2.05, 4.69) is 20.5 Å². The Morgan fingerprint density at radius 2 is 2.16 bits per heavy atom. The SMILES string of the molecule is Cc1cccc(-c2n[nH]c(=S)n2CC(=O)NCCc2ccccn2)c1. The molecule has 0 aliphatic rings.